The van der Waals surface area contributed by atoms with E-state index in [2.05, 4.69) is 0 Å². The van der Waals surface area contributed by atoms with Crippen LogP contribution in [0.15, 0.2) is 23.1 Å². The van der Waals surface area contributed by atoms with Gasteiger partial charge in [0.05, 0.1) is 12.1 Å². The Bertz CT molecular complexity index is 593. The molecule has 4 nitrogen and oxygen atoms in total. The predicted octanol–water partition coefficient (Wildman–Crippen LogP) is 2.40. The molecule has 7 heteroatoms. The second-order valence-electron chi connectivity index (χ2n) is 5.02. The van der Waals surface area contributed by atoms with Crippen molar-refractivity contribution in [2.75, 3.05) is 7.05 Å². The van der Waals surface area contributed by atoms with E-state index >= 15 is 0 Å². The molecule has 0 saturated heterocycles. The Hall–Kier alpha value is -0.690. The second-order valence-corrected chi connectivity index (χ2v) is 7.42. The quantitative estimate of drug-likeness (QED) is 0.930. The fraction of sp³-hybridized carbons (Fsp3) is 0.538. The summed E-state index contributed by atoms with van der Waals surface area (Å²) in [5, 5.41) is 10.1. The first kappa shape index (κ1) is 15.7. The maximum absolute atomic E-state index is 13.8. The van der Waals surface area contributed by atoms with Gasteiger partial charge in [-0.2, -0.15) is 4.31 Å². The van der Waals surface area contributed by atoms with Crippen molar-refractivity contribution in [3.8, 4) is 0 Å². The first-order valence-corrected chi connectivity index (χ1v) is 8.27. The lowest BCUT2D eigenvalue weighted by Gasteiger charge is -2.34. The number of sulfonamides is 1. The number of benzene rings is 1. The predicted molar refractivity (Wildman–Crippen MR) is 74.6 cm³/mol. The van der Waals surface area contributed by atoms with Gasteiger partial charge in [-0.05, 0) is 31.0 Å². The highest BCUT2D eigenvalue weighted by Gasteiger charge is 2.35. The Morgan fingerprint density at radius 1 is 1.35 bits per heavy atom. The van der Waals surface area contributed by atoms with Crippen LogP contribution in [-0.4, -0.2) is 37.0 Å². The number of hydrogen-bond acceptors (Lipinski definition) is 3. The van der Waals surface area contributed by atoms with Crippen LogP contribution in [0.4, 0.5) is 4.39 Å². The van der Waals surface area contributed by atoms with Crippen molar-refractivity contribution < 1.29 is 17.9 Å². The summed E-state index contributed by atoms with van der Waals surface area (Å²) < 4.78 is 39.8. The Balaban J connectivity index is 2.33. The van der Waals surface area contributed by atoms with E-state index in [0.29, 0.717) is 12.8 Å². The molecule has 0 bridgehead atoms. The highest BCUT2D eigenvalue weighted by Crippen LogP contribution is 2.28. The van der Waals surface area contributed by atoms with Crippen molar-refractivity contribution in [3.05, 3.63) is 29.0 Å². The van der Waals surface area contributed by atoms with Crippen LogP contribution >= 0.6 is 11.6 Å². The Labute approximate surface area is 123 Å². The van der Waals surface area contributed by atoms with E-state index in [1.165, 1.54) is 13.1 Å². The molecule has 0 amide bonds. The number of likely N-dealkylation sites (N-methyl/N-ethyl adjacent to an activating group) is 1. The molecule has 2 unspecified atom stereocenters. The van der Waals surface area contributed by atoms with Crippen LogP contribution in [0.3, 0.4) is 0 Å². The van der Waals surface area contributed by atoms with Gasteiger partial charge in [0.25, 0.3) is 0 Å². The smallest absolute Gasteiger partial charge is 0.246 e. The lowest BCUT2D eigenvalue weighted by molar-refractivity contribution is 0.0637. The van der Waals surface area contributed by atoms with Crippen molar-refractivity contribution >= 4 is 21.6 Å². The summed E-state index contributed by atoms with van der Waals surface area (Å²) in [6.45, 7) is 0. The van der Waals surface area contributed by atoms with E-state index in [0.717, 1.165) is 29.3 Å². The summed E-state index contributed by atoms with van der Waals surface area (Å²) in [4.78, 5) is -0.415. The third-order valence-electron chi connectivity index (χ3n) is 3.71. The van der Waals surface area contributed by atoms with E-state index in [9.17, 15) is 17.9 Å². The number of hydrogen-bond donors (Lipinski definition) is 1. The monoisotopic (exact) mass is 321 g/mol. The number of rotatable bonds is 3. The third-order valence-corrected chi connectivity index (χ3v) is 5.86. The van der Waals surface area contributed by atoms with E-state index in [4.69, 9.17) is 11.6 Å². The zero-order valence-corrected chi connectivity index (χ0v) is 12.7. The Kier molecular flexibility index (Phi) is 4.69. The number of nitrogens with zero attached hydrogens (tertiary/aromatic N) is 1. The Morgan fingerprint density at radius 2 is 2.00 bits per heavy atom. The van der Waals surface area contributed by atoms with Crippen LogP contribution in [0.25, 0.3) is 0 Å². The molecule has 0 aromatic heterocycles. The van der Waals surface area contributed by atoms with E-state index in [1.54, 1.807) is 0 Å². The number of aliphatic hydroxyl groups excluding tert-OH is 1. The molecule has 1 aliphatic rings. The Morgan fingerprint density at radius 3 is 2.60 bits per heavy atom. The standard InChI is InChI=1S/C13H17ClFNO3S/c1-16(11-4-2-3-5-12(11)17)20(18,19)13-7-6-9(14)8-10(13)15/h6-8,11-12,17H,2-5H2,1H3. The van der Waals surface area contributed by atoms with E-state index in [1.807, 2.05) is 0 Å². The molecule has 2 atom stereocenters. The fourth-order valence-corrected chi connectivity index (χ4v) is 4.15. The molecular weight excluding hydrogens is 305 g/mol. The van der Waals surface area contributed by atoms with Crippen molar-refractivity contribution in [3.63, 3.8) is 0 Å². The van der Waals surface area contributed by atoms with Gasteiger partial charge in [-0.25, -0.2) is 12.8 Å². The van der Waals surface area contributed by atoms with Crippen LogP contribution in [0.1, 0.15) is 25.7 Å². The molecule has 2 rings (SSSR count). The van der Waals surface area contributed by atoms with Crippen LogP contribution in [-0.2, 0) is 10.0 Å². The molecule has 20 heavy (non-hydrogen) atoms. The molecular formula is C13H17ClFNO3S. The highest BCUT2D eigenvalue weighted by atomic mass is 35.5. The zero-order chi connectivity index (χ0) is 14.9. The summed E-state index contributed by atoms with van der Waals surface area (Å²) in [6.07, 6.45) is 2.16. The molecule has 1 saturated carbocycles. The van der Waals surface area contributed by atoms with Gasteiger partial charge in [0.1, 0.15) is 10.7 Å². The maximum Gasteiger partial charge on any atom is 0.246 e. The summed E-state index contributed by atoms with van der Waals surface area (Å²) in [6, 6.07) is 2.95. The highest BCUT2D eigenvalue weighted by molar-refractivity contribution is 7.89. The van der Waals surface area contributed by atoms with Crippen LogP contribution in [0.5, 0.6) is 0 Å². The van der Waals surface area contributed by atoms with E-state index in [-0.39, 0.29) is 5.02 Å². The van der Waals surface area contributed by atoms with Crippen molar-refractivity contribution in [1.29, 1.82) is 0 Å². The van der Waals surface area contributed by atoms with Crippen molar-refractivity contribution in [2.45, 2.75) is 42.7 Å². The molecule has 0 aliphatic heterocycles. The minimum atomic E-state index is -3.98. The minimum absolute atomic E-state index is 0.141. The summed E-state index contributed by atoms with van der Waals surface area (Å²) in [7, 11) is -2.60. The number of aliphatic hydroxyl groups is 1. The second kappa shape index (κ2) is 5.97. The van der Waals surface area contributed by atoms with Gasteiger partial charge >= 0.3 is 0 Å². The summed E-state index contributed by atoms with van der Waals surface area (Å²) in [5.41, 5.74) is 0. The normalized spacial score (nSPS) is 24.1. The van der Waals surface area contributed by atoms with Crippen LogP contribution in [0.2, 0.25) is 5.02 Å². The van der Waals surface area contributed by atoms with Gasteiger partial charge in [0.15, 0.2) is 0 Å². The molecule has 0 heterocycles. The number of halogens is 2. The molecule has 1 aromatic rings. The largest absolute Gasteiger partial charge is 0.391 e. The molecule has 1 aliphatic carbocycles. The van der Waals surface area contributed by atoms with Gasteiger partial charge in [0, 0.05) is 12.1 Å². The topological polar surface area (TPSA) is 57.6 Å². The van der Waals surface area contributed by atoms with Gasteiger partial charge in [-0.15, -0.1) is 0 Å². The lowest BCUT2D eigenvalue weighted by Crippen LogP contribution is -2.46. The van der Waals surface area contributed by atoms with Crippen LogP contribution in [0, 0.1) is 5.82 Å². The first-order chi connectivity index (χ1) is 9.34. The fourth-order valence-electron chi connectivity index (χ4n) is 2.53. The zero-order valence-electron chi connectivity index (χ0n) is 11.1. The SMILES string of the molecule is CN(C1CCCCC1O)S(=O)(=O)c1ccc(Cl)cc1F. The lowest BCUT2D eigenvalue weighted by atomic mass is 9.93. The minimum Gasteiger partial charge on any atom is -0.391 e. The van der Waals surface area contributed by atoms with E-state index < -0.39 is 32.9 Å². The van der Waals surface area contributed by atoms with Gasteiger partial charge < -0.3 is 5.11 Å². The maximum atomic E-state index is 13.8. The van der Waals surface area contributed by atoms with Gasteiger partial charge in [0.2, 0.25) is 10.0 Å². The molecule has 0 spiro atoms. The van der Waals surface area contributed by atoms with Crippen molar-refractivity contribution in [1.82, 2.24) is 4.31 Å². The average Bonchev–Trinajstić information content (AvgIpc) is 2.38. The molecule has 1 aromatic carbocycles. The molecule has 1 fully saturated rings. The first-order valence-electron chi connectivity index (χ1n) is 6.45. The summed E-state index contributed by atoms with van der Waals surface area (Å²) in [5.74, 6) is -0.880. The molecule has 0 radical (unpaired) electrons. The summed E-state index contributed by atoms with van der Waals surface area (Å²) >= 11 is 5.63. The van der Waals surface area contributed by atoms with Crippen molar-refractivity contribution in [2.24, 2.45) is 0 Å². The molecule has 112 valence electrons. The van der Waals surface area contributed by atoms with Gasteiger partial charge in [-0.1, -0.05) is 24.4 Å². The third kappa shape index (κ3) is 2.98. The van der Waals surface area contributed by atoms with Crippen LogP contribution < -0.4 is 0 Å². The average molecular weight is 322 g/mol. The van der Waals surface area contributed by atoms with Gasteiger partial charge in [-0.3, -0.25) is 0 Å². The molecule has 1 N–H and O–H groups in total.